The monoisotopic (exact) mass is 427 g/mol. The Kier molecular flexibility index (Phi) is 6.03. The maximum atomic E-state index is 13.5. The molecule has 0 atom stereocenters. The minimum atomic E-state index is -0.223. The number of H-pyrrole nitrogens is 1. The van der Waals surface area contributed by atoms with E-state index in [0.717, 1.165) is 33.5 Å². The minimum absolute atomic E-state index is 0.135. The number of fused-ring (bicyclic) bond motifs is 1. The van der Waals surface area contributed by atoms with Gasteiger partial charge in [0.15, 0.2) is 0 Å². The summed E-state index contributed by atoms with van der Waals surface area (Å²) in [6.45, 7) is 6.56. The number of carbonyl (C=O) groups excluding carboxylic acids is 1. The van der Waals surface area contributed by atoms with Crippen molar-refractivity contribution >= 4 is 22.5 Å². The van der Waals surface area contributed by atoms with Crippen LogP contribution in [0.2, 0.25) is 0 Å². The van der Waals surface area contributed by atoms with Crippen molar-refractivity contribution < 1.29 is 9.53 Å². The van der Waals surface area contributed by atoms with Gasteiger partial charge in [0.2, 0.25) is 0 Å². The molecule has 0 radical (unpaired) electrons. The number of aromatic nitrogens is 2. The Morgan fingerprint density at radius 2 is 1.81 bits per heavy atom. The van der Waals surface area contributed by atoms with Gasteiger partial charge < -0.3 is 14.6 Å². The molecule has 0 spiro atoms. The molecule has 6 nitrogen and oxygen atoms in total. The lowest BCUT2D eigenvalue weighted by Crippen LogP contribution is -2.33. The van der Waals surface area contributed by atoms with Crippen molar-refractivity contribution in [1.29, 1.82) is 0 Å². The maximum Gasteiger partial charge on any atom is 0.258 e. The molecule has 0 saturated carbocycles. The van der Waals surface area contributed by atoms with Gasteiger partial charge in [0, 0.05) is 40.1 Å². The molecule has 0 saturated heterocycles. The predicted molar refractivity (Wildman–Crippen MR) is 126 cm³/mol. The minimum Gasteiger partial charge on any atom is -0.494 e. The largest absolute Gasteiger partial charge is 0.494 e. The van der Waals surface area contributed by atoms with Crippen LogP contribution in [0.15, 0.2) is 71.8 Å². The lowest BCUT2D eigenvalue weighted by molar-refractivity contribution is 0.0985. The summed E-state index contributed by atoms with van der Waals surface area (Å²) in [7, 11) is 0. The van der Waals surface area contributed by atoms with Gasteiger partial charge in [-0.05, 0) is 74.4 Å². The first-order valence-electron chi connectivity index (χ1n) is 10.5. The first-order chi connectivity index (χ1) is 15.5. The fourth-order valence-electron chi connectivity index (χ4n) is 3.70. The number of aryl methyl sites for hydroxylation is 2. The number of amides is 1. The van der Waals surface area contributed by atoms with Crippen LogP contribution < -0.4 is 15.2 Å². The summed E-state index contributed by atoms with van der Waals surface area (Å²) in [4.78, 5) is 35.0. The molecule has 2 heterocycles. The van der Waals surface area contributed by atoms with Crippen LogP contribution in [0, 0.1) is 13.8 Å². The molecule has 6 heteroatoms. The van der Waals surface area contributed by atoms with E-state index < -0.39 is 0 Å². The van der Waals surface area contributed by atoms with Crippen LogP contribution in [0.25, 0.3) is 10.9 Å². The predicted octanol–water partition coefficient (Wildman–Crippen LogP) is 4.79. The van der Waals surface area contributed by atoms with E-state index in [-0.39, 0.29) is 18.0 Å². The fraction of sp³-hybridized carbons (Fsp3) is 0.192. The average Bonchev–Trinajstić information content (AvgIpc) is 2.80. The number of pyridine rings is 2. The standard InChI is InChI=1S/C26H25N3O3/c1-4-32-22-7-8-23-20(15-22)14-21(25(30)28-23)16-29(24-13-17(2)5-6-18(24)3)26(31)19-9-11-27-12-10-19/h5-15H,4,16H2,1-3H3,(H,28,30). The Morgan fingerprint density at radius 1 is 1.03 bits per heavy atom. The number of anilines is 1. The number of aromatic amines is 1. The smallest absolute Gasteiger partial charge is 0.258 e. The topological polar surface area (TPSA) is 75.3 Å². The van der Waals surface area contributed by atoms with Crippen LogP contribution in [-0.2, 0) is 6.54 Å². The van der Waals surface area contributed by atoms with Crippen LogP contribution in [0.1, 0.15) is 34.0 Å². The van der Waals surface area contributed by atoms with Gasteiger partial charge in [-0.25, -0.2) is 0 Å². The van der Waals surface area contributed by atoms with E-state index in [1.165, 1.54) is 0 Å². The Bertz CT molecular complexity index is 1330. The van der Waals surface area contributed by atoms with Gasteiger partial charge >= 0.3 is 0 Å². The molecule has 4 rings (SSSR count). The van der Waals surface area contributed by atoms with Crippen molar-refractivity contribution in [2.24, 2.45) is 0 Å². The molecule has 2 aromatic heterocycles. The van der Waals surface area contributed by atoms with Crippen LogP contribution in [0.4, 0.5) is 5.69 Å². The molecular formula is C26H25N3O3. The van der Waals surface area contributed by atoms with Crippen LogP contribution in [0.5, 0.6) is 5.75 Å². The van der Waals surface area contributed by atoms with E-state index in [1.54, 1.807) is 29.4 Å². The second kappa shape index (κ2) is 9.06. The van der Waals surface area contributed by atoms with Gasteiger partial charge in [-0.3, -0.25) is 14.6 Å². The van der Waals surface area contributed by atoms with Gasteiger partial charge in [0.25, 0.3) is 11.5 Å². The third kappa shape index (κ3) is 4.39. The summed E-state index contributed by atoms with van der Waals surface area (Å²) in [5, 5.41) is 0.850. The summed E-state index contributed by atoms with van der Waals surface area (Å²) in [5.41, 5.74) is 4.27. The maximum absolute atomic E-state index is 13.5. The number of hydrogen-bond donors (Lipinski definition) is 1. The number of nitrogens with one attached hydrogen (secondary N) is 1. The first kappa shape index (κ1) is 21.3. The summed E-state index contributed by atoms with van der Waals surface area (Å²) in [6, 6.07) is 16.7. The zero-order valence-electron chi connectivity index (χ0n) is 18.4. The van der Waals surface area contributed by atoms with Crippen molar-refractivity contribution in [2.75, 3.05) is 11.5 Å². The summed E-state index contributed by atoms with van der Waals surface area (Å²) >= 11 is 0. The third-order valence-electron chi connectivity index (χ3n) is 5.36. The summed E-state index contributed by atoms with van der Waals surface area (Å²) in [5.74, 6) is 0.543. The lowest BCUT2D eigenvalue weighted by atomic mass is 10.1. The van der Waals surface area contributed by atoms with Crippen molar-refractivity contribution in [3.63, 3.8) is 0 Å². The van der Waals surface area contributed by atoms with E-state index >= 15 is 0 Å². The average molecular weight is 428 g/mol. The van der Waals surface area contributed by atoms with Crippen molar-refractivity contribution in [1.82, 2.24) is 9.97 Å². The highest BCUT2D eigenvalue weighted by Gasteiger charge is 2.21. The molecule has 1 amide bonds. The third-order valence-corrected chi connectivity index (χ3v) is 5.36. The number of rotatable bonds is 6. The van der Waals surface area contributed by atoms with E-state index in [2.05, 4.69) is 9.97 Å². The zero-order chi connectivity index (χ0) is 22.7. The molecule has 0 bridgehead atoms. The molecule has 0 fully saturated rings. The van der Waals surface area contributed by atoms with Crippen molar-refractivity contribution in [2.45, 2.75) is 27.3 Å². The van der Waals surface area contributed by atoms with Gasteiger partial charge in [0.05, 0.1) is 13.2 Å². The van der Waals surface area contributed by atoms with E-state index in [0.29, 0.717) is 17.7 Å². The van der Waals surface area contributed by atoms with Crippen LogP contribution in [-0.4, -0.2) is 22.5 Å². The van der Waals surface area contributed by atoms with E-state index in [1.807, 2.05) is 63.2 Å². The fourth-order valence-corrected chi connectivity index (χ4v) is 3.70. The molecule has 162 valence electrons. The Labute approximate surface area is 186 Å². The molecule has 1 N–H and O–H groups in total. The molecule has 0 unspecified atom stereocenters. The van der Waals surface area contributed by atoms with Gasteiger partial charge in [-0.15, -0.1) is 0 Å². The quantitative estimate of drug-likeness (QED) is 0.480. The molecule has 0 aliphatic carbocycles. The van der Waals surface area contributed by atoms with Crippen molar-refractivity contribution in [3.8, 4) is 5.75 Å². The number of benzene rings is 2. The van der Waals surface area contributed by atoms with Gasteiger partial charge in [-0.1, -0.05) is 12.1 Å². The molecule has 0 aliphatic heterocycles. The number of carbonyl (C=O) groups is 1. The Morgan fingerprint density at radius 3 is 2.56 bits per heavy atom. The summed E-state index contributed by atoms with van der Waals surface area (Å²) < 4.78 is 5.60. The SMILES string of the molecule is CCOc1ccc2[nH]c(=O)c(CN(C(=O)c3ccncc3)c3cc(C)ccc3C)cc2c1. The zero-order valence-corrected chi connectivity index (χ0v) is 18.4. The lowest BCUT2D eigenvalue weighted by Gasteiger charge is -2.25. The number of hydrogen-bond acceptors (Lipinski definition) is 4. The van der Waals surface area contributed by atoms with Gasteiger partial charge in [-0.2, -0.15) is 0 Å². The number of nitrogens with zero attached hydrogens (tertiary/aromatic N) is 2. The van der Waals surface area contributed by atoms with E-state index in [9.17, 15) is 9.59 Å². The number of ether oxygens (including phenoxy) is 1. The molecule has 0 aliphatic rings. The highest BCUT2D eigenvalue weighted by molar-refractivity contribution is 6.06. The molecule has 4 aromatic rings. The van der Waals surface area contributed by atoms with Crippen molar-refractivity contribution in [3.05, 3.63) is 99.6 Å². The van der Waals surface area contributed by atoms with Gasteiger partial charge in [0.1, 0.15) is 5.75 Å². The van der Waals surface area contributed by atoms with E-state index in [4.69, 9.17) is 4.74 Å². The second-order valence-corrected chi connectivity index (χ2v) is 7.72. The molecular weight excluding hydrogens is 402 g/mol. The Hall–Kier alpha value is -3.93. The molecule has 2 aromatic carbocycles. The van der Waals surface area contributed by atoms with Crippen LogP contribution >= 0.6 is 0 Å². The highest BCUT2D eigenvalue weighted by atomic mass is 16.5. The Balaban J connectivity index is 1.81. The molecule has 32 heavy (non-hydrogen) atoms. The first-order valence-corrected chi connectivity index (χ1v) is 10.5. The van der Waals surface area contributed by atoms with Crippen LogP contribution in [0.3, 0.4) is 0 Å². The normalized spacial score (nSPS) is 10.8. The second-order valence-electron chi connectivity index (χ2n) is 7.72. The summed E-state index contributed by atoms with van der Waals surface area (Å²) in [6.07, 6.45) is 3.18. The highest BCUT2D eigenvalue weighted by Crippen LogP contribution is 2.26.